The molecule has 1 aromatic heterocycles. The zero-order valence-electron chi connectivity index (χ0n) is 11.7. The van der Waals surface area contributed by atoms with Crippen molar-refractivity contribution in [2.45, 2.75) is 6.10 Å². The molecule has 3 rings (SSSR count). The highest BCUT2D eigenvalue weighted by molar-refractivity contribution is 5.94. The number of ether oxygens (including phenoxy) is 2. The summed E-state index contributed by atoms with van der Waals surface area (Å²) in [6.45, 7) is 1.17. The highest BCUT2D eigenvalue weighted by Gasteiger charge is 2.32. The predicted molar refractivity (Wildman–Crippen MR) is 77.6 cm³/mol. The number of hydrogen-bond acceptors (Lipinski definition) is 4. The number of carbonyl (C=O) groups excluding carboxylic acids is 1. The second-order valence-electron chi connectivity index (χ2n) is 4.85. The molecular formula is C16H16N2O3. The molecule has 0 N–H and O–H groups in total. The van der Waals surface area contributed by atoms with E-state index < -0.39 is 0 Å². The predicted octanol–water partition coefficient (Wildman–Crippen LogP) is 1.99. The molecule has 1 aliphatic rings. The fraction of sp³-hybridized carbons (Fsp3) is 0.250. The normalized spacial score (nSPS) is 14.4. The first-order valence-electron chi connectivity index (χ1n) is 6.77. The van der Waals surface area contributed by atoms with E-state index in [0.717, 1.165) is 5.75 Å². The van der Waals surface area contributed by atoms with Gasteiger partial charge in [0.2, 0.25) is 5.88 Å². The molecule has 0 saturated carbocycles. The Hall–Kier alpha value is -2.56. The van der Waals surface area contributed by atoms with Crippen LogP contribution >= 0.6 is 0 Å². The second kappa shape index (κ2) is 5.83. The molecule has 2 aromatic rings. The summed E-state index contributed by atoms with van der Waals surface area (Å²) in [5.74, 6) is 1.35. The van der Waals surface area contributed by atoms with Gasteiger partial charge in [0.25, 0.3) is 5.91 Å². The Morgan fingerprint density at radius 1 is 1.19 bits per heavy atom. The van der Waals surface area contributed by atoms with Crippen LogP contribution in [0.4, 0.5) is 0 Å². The van der Waals surface area contributed by atoms with Gasteiger partial charge in [-0.05, 0) is 30.3 Å². The van der Waals surface area contributed by atoms with Gasteiger partial charge in [-0.3, -0.25) is 4.79 Å². The van der Waals surface area contributed by atoms with Crippen molar-refractivity contribution in [2.75, 3.05) is 20.2 Å². The first-order valence-corrected chi connectivity index (χ1v) is 6.77. The van der Waals surface area contributed by atoms with Crippen LogP contribution in [-0.2, 0) is 0 Å². The fourth-order valence-electron chi connectivity index (χ4n) is 2.18. The maximum Gasteiger partial charge on any atom is 0.254 e. The highest BCUT2D eigenvalue weighted by Crippen LogP contribution is 2.19. The van der Waals surface area contributed by atoms with Gasteiger partial charge in [-0.25, -0.2) is 4.98 Å². The van der Waals surface area contributed by atoms with E-state index >= 15 is 0 Å². The molecule has 0 spiro atoms. The fourth-order valence-corrected chi connectivity index (χ4v) is 2.18. The smallest absolute Gasteiger partial charge is 0.254 e. The molecule has 0 radical (unpaired) electrons. The molecule has 0 bridgehead atoms. The maximum absolute atomic E-state index is 12.2. The van der Waals surface area contributed by atoms with Crippen molar-refractivity contribution < 1.29 is 14.3 Å². The quantitative estimate of drug-likeness (QED) is 0.861. The number of methoxy groups -OCH3 is 1. The molecule has 1 aliphatic heterocycles. The van der Waals surface area contributed by atoms with Crippen LogP contribution in [0.3, 0.4) is 0 Å². The number of benzene rings is 1. The first kappa shape index (κ1) is 13.4. The molecule has 1 amide bonds. The van der Waals surface area contributed by atoms with E-state index in [1.54, 1.807) is 42.5 Å². The lowest BCUT2D eigenvalue weighted by atomic mass is 10.1. The summed E-state index contributed by atoms with van der Waals surface area (Å²) in [5, 5.41) is 0. The number of hydrogen-bond donors (Lipinski definition) is 0. The minimum absolute atomic E-state index is 0.0125. The third-order valence-electron chi connectivity index (χ3n) is 3.40. The van der Waals surface area contributed by atoms with Crippen LogP contribution in [0.15, 0.2) is 48.7 Å². The minimum Gasteiger partial charge on any atom is -0.497 e. The first-order chi connectivity index (χ1) is 10.3. The van der Waals surface area contributed by atoms with Gasteiger partial charge in [0.15, 0.2) is 0 Å². The number of aromatic nitrogens is 1. The number of amides is 1. The van der Waals surface area contributed by atoms with Crippen molar-refractivity contribution in [2.24, 2.45) is 0 Å². The second-order valence-corrected chi connectivity index (χ2v) is 4.85. The third kappa shape index (κ3) is 2.97. The molecule has 21 heavy (non-hydrogen) atoms. The Bertz CT molecular complexity index is 607. The molecule has 5 heteroatoms. The van der Waals surface area contributed by atoms with Crippen molar-refractivity contribution in [3.05, 3.63) is 54.2 Å². The summed E-state index contributed by atoms with van der Waals surface area (Å²) < 4.78 is 10.8. The Kier molecular flexibility index (Phi) is 3.73. The van der Waals surface area contributed by atoms with Crippen LogP contribution in [0, 0.1) is 0 Å². The van der Waals surface area contributed by atoms with Gasteiger partial charge in [-0.1, -0.05) is 6.07 Å². The molecule has 2 heterocycles. The Labute approximate surface area is 123 Å². The van der Waals surface area contributed by atoms with Crippen LogP contribution < -0.4 is 9.47 Å². The van der Waals surface area contributed by atoms with Crippen molar-refractivity contribution in [1.29, 1.82) is 0 Å². The van der Waals surface area contributed by atoms with Crippen LogP contribution in [-0.4, -0.2) is 42.1 Å². The summed E-state index contributed by atoms with van der Waals surface area (Å²) in [5.41, 5.74) is 0.659. The van der Waals surface area contributed by atoms with Gasteiger partial charge in [-0.15, -0.1) is 0 Å². The van der Waals surface area contributed by atoms with Crippen LogP contribution in [0.25, 0.3) is 0 Å². The molecule has 108 valence electrons. The Balaban J connectivity index is 1.54. The van der Waals surface area contributed by atoms with Crippen molar-refractivity contribution >= 4 is 5.91 Å². The molecule has 1 fully saturated rings. The number of rotatable bonds is 4. The van der Waals surface area contributed by atoms with Crippen LogP contribution in [0.2, 0.25) is 0 Å². The van der Waals surface area contributed by atoms with Crippen molar-refractivity contribution in [1.82, 2.24) is 9.88 Å². The van der Waals surface area contributed by atoms with E-state index in [-0.39, 0.29) is 12.0 Å². The van der Waals surface area contributed by atoms with Gasteiger partial charge < -0.3 is 14.4 Å². The number of pyridine rings is 1. The average Bonchev–Trinajstić information content (AvgIpc) is 2.51. The monoisotopic (exact) mass is 284 g/mol. The molecule has 1 aromatic carbocycles. The minimum atomic E-state index is 0.0125. The van der Waals surface area contributed by atoms with E-state index in [2.05, 4.69) is 4.98 Å². The highest BCUT2D eigenvalue weighted by atomic mass is 16.5. The number of nitrogens with zero attached hydrogens (tertiary/aromatic N) is 2. The SMILES string of the molecule is COc1ccc(C(=O)N2CC(Oc3ccccn3)C2)cc1. The van der Waals surface area contributed by atoms with E-state index in [9.17, 15) is 4.79 Å². The van der Waals surface area contributed by atoms with E-state index in [4.69, 9.17) is 9.47 Å². The van der Waals surface area contributed by atoms with Gasteiger partial charge in [-0.2, -0.15) is 0 Å². The molecular weight excluding hydrogens is 268 g/mol. The van der Waals surface area contributed by atoms with Gasteiger partial charge >= 0.3 is 0 Å². The van der Waals surface area contributed by atoms with Crippen molar-refractivity contribution in [3.63, 3.8) is 0 Å². The number of carbonyl (C=O) groups is 1. The molecule has 0 atom stereocenters. The third-order valence-corrected chi connectivity index (χ3v) is 3.40. The average molecular weight is 284 g/mol. The lowest BCUT2D eigenvalue weighted by Gasteiger charge is -2.38. The lowest BCUT2D eigenvalue weighted by molar-refractivity contribution is 0.0160. The summed E-state index contributed by atoms with van der Waals surface area (Å²) >= 11 is 0. The Morgan fingerprint density at radius 2 is 1.95 bits per heavy atom. The van der Waals surface area contributed by atoms with E-state index in [0.29, 0.717) is 24.5 Å². The molecule has 1 saturated heterocycles. The summed E-state index contributed by atoms with van der Waals surface area (Å²) in [4.78, 5) is 18.1. The van der Waals surface area contributed by atoms with Gasteiger partial charge in [0.1, 0.15) is 11.9 Å². The summed E-state index contributed by atoms with van der Waals surface area (Å²) in [7, 11) is 1.60. The van der Waals surface area contributed by atoms with Gasteiger partial charge in [0.05, 0.1) is 20.2 Å². The van der Waals surface area contributed by atoms with Crippen LogP contribution in [0.1, 0.15) is 10.4 Å². The Morgan fingerprint density at radius 3 is 2.57 bits per heavy atom. The van der Waals surface area contributed by atoms with E-state index in [1.807, 2.05) is 18.2 Å². The molecule has 0 aliphatic carbocycles. The summed E-state index contributed by atoms with van der Waals surface area (Å²) in [6, 6.07) is 12.6. The van der Waals surface area contributed by atoms with Crippen LogP contribution in [0.5, 0.6) is 11.6 Å². The largest absolute Gasteiger partial charge is 0.497 e. The van der Waals surface area contributed by atoms with Gasteiger partial charge in [0, 0.05) is 17.8 Å². The zero-order valence-corrected chi connectivity index (χ0v) is 11.7. The number of likely N-dealkylation sites (tertiary alicyclic amines) is 1. The molecule has 5 nitrogen and oxygen atoms in total. The lowest BCUT2D eigenvalue weighted by Crippen LogP contribution is -2.56. The molecule has 0 unspecified atom stereocenters. The maximum atomic E-state index is 12.2. The van der Waals surface area contributed by atoms with Crippen molar-refractivity contribution in [3.8, 4) is 11.6 Å². The summed E-state index contributed by atoms with van der Waals surface area (Å²) in [6.07, 6.45) is 1.70. The topological polar surface area (TPSA) is 51.7 Å². The standard InChI is InChI=1S/C16H16N2O3/c1-20-13-7-5-12(6-8-13)16(19)18-10-14(11-18)21-15-4-2-3-9-17-15/h2-9,14H,10-11H2,1H3. The van der Waals surface area contributed by atoms with E-state index in [1.165, 1.54) is 0 Å². The zero-order chi connectivity index (χ0) is 14.7.